The predicted molar refractivity (Wildman–Crippen MR) is 62.5 cm³/mol. The quantitative estimate of drug-likeness (QED) is 0.559. The number of carbonyl (C=O) groups excluding carboxylic acids is 1. The maximum atomic E-state index is 11.9. The molecule has 0 aliphatic rings. The third-order valence-electron chi connectivity index (χ3n) is 2.10. The molecular weight excluding hydrogens is 240 g/mol. The van der Waals surface area contributed by atoms with Crippen LogP contribution in [-0.2, 0) is 0 Å². The van der Waals surface area contributed by atoms with E-state index in [1.807, 2.05) is 13.8 Å². The Labute approximate surface area is 118 Å². The zero-order valence-corrected chi connectivity index (χ0v) is 11.2. The van der Waals surface area contributed by atoms with Crippen molar-refractivity contribution in [3.05, 3.63) is 33.8 Å². The van der Waals surface area contributed by atoms with Crippen LogP contribution < -0.4 is 18.9 Å². The van der Waals surface area contributed by atoms with Crippen molar-refractivity contribution in [2.24, 2.45) is 0 Å². The Balaban J connectivity index is 0.00000225. The molecule has 0 spiro atoms. The van der Waals surface area contributed by atoms with Crippen molar-refractivity contribution in [2.75, 3.05) is 13.1 Å². The summed E-state index contributed by atoms with van der Waals surface area (Å²) in [6, 6.07) is 5.86. The van der Waals surface area contributed by atoms with Gasteiger partial charge in [-0.2, -0.15) is 0 Å². The Morgan fingerprint density at radius 2 is 1.69 bits per heavy atom. The number of hydrogen-bond acceptors (Lipinski definition) is 1. The minimum absolute atomic E-state index is 0. The molecule has 1 aromatic rings. The minimum atomic E-state index is -0.0576. The molecule has 2 nitrogen and oxygen atoms in total. The zero-order chi connectivity index (χ0) is 11.4. The number of halogens is 2. The number of benzene rings is 1. The van der Waals surface area contributed by atoms with E-state index in [4.69, 9.17) is 23.2 Å². The van der Waals surface area contributed by atoms with E-state index >= 15 is 0 Å². The Morgan fingerprint density at radius 3 is 2.06 bits per heavy atom. The third kappa shape index (κ3) is 4.03. The van der Waals surface area contributed by atoms with Crippen molar-refractivity contribution in [1.82, 2.24) is 4.90 Å². The van der Waals surface area contributed by atoms with Crippen molar-refractivity contribution < 1.29 is 23.7 Å². The second-order valence-electron chi connectivity index (χ2n) is 3.04. The average molecular weight is 252 g/mol. The van der Waals surface area contributed by atoms with Crippen molar-refractivity contribution in [2.45, 2.75) is 13.8 Å². The number of carbonyl (C=O) groups is 1. The van der Waals surface area contributed by atoms with Gasteiger partial charge in [-0.05, 0) is 13.8 Å². The van der Waals surface area contributed by atoms with Gasteiger partial charge in [0.25, 0.3) is 0 Å². The van der Waals surface area contributed by atoms with Crippen LogP contribution in [0.25, 0.3) is 0 Å². The number of amides is 1. The Hall–Kier alpha value is -0.133. The molecule has 1 amide bonds. The minimum Gasteiger partial charge on any atom is -0.341 e. The van der Waals surface area contributed by atoms with Gasteiger partial charge in [0, 0.05) is 13.1 Å². The van der Waals surface area contributed by atoms with E-state index in [9.17, 15) is 4.79 Å². The summed E-state index contributed by atoms with van der Waals surface area (Å²) in [5.74, 6) is -0.0576. The molecular formula is C11H12Cl2LiNO. The van der Waals surface area contributed by atoms with Crippen molar-refractivity contribution in [3.63, 3.8) is 0 Å². The van der Waals surface area contributed by atoms with Gasteiger partial charge >= 0.3 is 18.9 Å². The van der Waals surface area contributed by atoms with Gasteiger partial charge < -0.3 is 4.90 Å². The largest absolute Gasteiger partial charge is 1.00 e. The first-order valence-electron chi connectivity index (χ1n) is 4.76. The third-order valence-corrected chi connectivity index (χ3v) is 2.51. The molecule has 0 aliphatic carbocycles. The molecule has 0 radical (unpaired) electrons. The summed E-state index contributed by atoms with van der Waals surface area (Å²) in [5, 5.41) is 0.719. The van der Waals surface area contributed by atoms with Crippen molar-refractivity contribution >= 4 is 29.1 Å². The van der Waals surface area contributed by atoms with Gasteiger partial charge in [-0.3, -0.25) is 4.79 Å². The summed E-state index contributed by atoms with van der Waals surface area (Å²) in [7, 11) is 0. The summed E-state index contributed by atoms with van der Waals surface area (Å²) in [6.07, 6.45) is 0. The molecule has 0 unspecified atom stereocenters. The van der Waals surface area contributed by atoms with Gasteiger partial charge in [0.15, 0.2) is 0 Å². The van der Waals surface area contributed by atoms with Gasteiger partial charge in [0.05, 0.1) is 0 Å². The molecule has 0 fully saturated rings. The molecule has 1 aromatic carbocycles. The number of nitrogens with zero attached hydrogens (tertiary/aromatic N) is 1. The fourth-order valence-corrected chi connectivity index (χ4v) is 1.80. The Bertz CT molecular complexity index is 347. The molecule has 0 N–H and O–H groups in total. The van der Waals surface area contributed by atoms with Crippen LogP contribution in [0.5, 0.6) is 0 Å². The molecule has 0 aromatic heterocycles. The van der Waals surface area contributed by atoms with Crippen LogP contribution in [0.4, 0.5) is 0 Å². The molecule has 0 saturated heterocycles. The summed E-state index contributed by atoms with van der Waals surface area (Å²) in [4.78, 5) is 13.6. The molecule has 0 saturated carbocycles. The molecule has 16 heavy (non-hydrogen) atoms. The van der Waals surface area contributed by atoms with Gasteiger partial charge in [0.1, 0.15) is 0 Å². The molecule has 0 heterocycles. The first-order valence-corrected chi connectivity index (χ1v) is 5.51. The smallest absolute Gasteiger partial charge is 0.341 e. The monoisotopic (exact) mass is 251 g/mol. The molecule has 0 aliphatic heterocycles. The van der Waals surface area contributed by atoms with Crippen LogP contribution in [0.1, 0.15) is 24.2 Å². The average Bonchev–Trinajstić information content (AvgIpc) is 2.18. The SMILES string of the molecule is CCN(CC)C(=O)c1cc(Cl)[c-]c(Cl)c1.[Li+]. The van der Waals surface area contributed by atoms with Crippen LogP contribution in [-0.4, -0.2) is 23.9 Å². The summed E-state index contributed by atoms with van der Waals surface area (Å²) in [6.45, 7) is 5.20. The normalized spacial score (nSPS) is 9.50. The van der Waals surface area contributed by atoms with Gasteiger partial charge in [0.2, 0.25) is 5.91 Å². The van der Waals surface area contributed by atoms with Crippen LogP contribution >= 0.6 is 23.2 Å². The Morgan fingerprint density at radius 1 is 1.25 bits per heavy atom. The molecule has 1 rings (SSSR count). The fraction of sp³-hybridized carbons (Fsp3) is 0.364. The first-order chi connectivity index (χ1) is 7.08. The topological polar surface area (TPSA) is 20.3 Å². The van der Waals surface area contributed by atoms with E-state index in [1.165, 1.54) is 0 Å². The van der Waals surface area contributed by atoms with Crippen LogP contribution in [0.3, 0.4) is 0 Å². The second kappa shape index (κ2) is 7.24. The van der Waals surface area contributed by atoms with Crippen molar-refractivity contribution in [1.29, 1.82) is 0 Å². The molecule has 82 valence electrons. The summed E-state index contributed by atoms with van der Waals surface area (Å²) < 4.78 is 0. The van der Waals surface area contributed by atoms with E-state index < -0.39 is 0 Å². The van der Waals surface area contributed by atoms with Crippen molar-refractivity contribution in [3.8, 4) is 0 Å². The van der Waals surface area contributed by atoms with Crippen LogP contribution in [0.2, 0.25) is 10.0 Å². The number of rotatable bonds is 3. The van der Waals surface area contributed by atoms with E-state index in [0.29, 0.717) is 28.7 Å². The maximum Gasteiger partial charge on any atom is 1.00 e. The van der Waals surface area contributed by atoms with E-state index in [2.05, 4.69) is 6.07 Å². The van der Waals surface area contributed by atoms with Crippen LogP contribution in [0.15, 0.2) is 12.1 Å². The van der Waals surface area contributed by atoms with E-state index in [0.717, 1.165) is 0 Å². The van der Waals surface area contributed by atoms with Crippen LogP contribution in [0, 0.1) is 6.07 Å². The summed E-state index contributed by atoms with van der Waals surface area (Å²) >= 11 is 11.5. The Kier molecular flexibility index (Phi) is 7.18. The van der Waals surface area contributed by atoms with E-state index in [1.54, 1.807) is 17.0 Å². The second-order valence-corrected chi connectivity index (χ2v) is 3.86. The summed E-state index contributed by atoms with van der Waals surface area (Å²) in [5.41, 5.74) is 0.507. The first kappa shape index (κ1) is 15.9. The number of hydrogen-bond donors (Lipinski definition) is 0. The standard InChI is InChI=1S/C11H12Cl2NO.Li/c1-3-14(4-2)11(15)8-5-9(12)7-10(13)6-8;/h5-6H,3-4H2,1-2H3;/q-1;+1. The fourth-order valence-electron chi connectivity index (χ4n) is 1.32. The van der Waals surface area contributed by atoms with Gasteiger partial charge in [-0.25, -0.2) is 0 Å². The zero-order valence-electron chi connectivity index (χ0n) is 9.68. The van der Waals surface area contributed by atoms with E-state index in [-0.39, 0.29) is 24.8 Å². The predicted octanol–water partition coefficient (Wildman–Crippen LogP) is 0.280. The molecule has 0 bridgehead atoms. The maximum absolute atomic E-state index is 11.9. The van der Waals surface area contributed by atoms with Gasteiger partial charge in [-0.1, -0.05) is 15.6 Å². The van der Waals surface area contributed by atoms with Gasteiger partial charge in [-0.15, -0.1) is 41.4 Å². The molecule has 5 heteroatoms. The molecule has 0 atom stereocenters.